The van der Waals surface area contributed by atoms with Gasteiger partial charge in [0, 0.05) is 6.92 Å². The van der Waals surface area contributed by atoms with E-state index in [1.54, 1.807) is 0 Å². The lowest BCUT2D eigenvalue weighted by molar-refractivity contribution is -0.146. The molecule has 0 aromatic heterocycles. The van der Waals surface area contributed by atoms with Crippen LogP contribution in [-0.2, 0) is 19.1 Å². The van der Waals surface area contributed by atoms with Gasteiger partial charge in [-0.05, 0) is 6.92 Å². The highest BCUT2D eigenvalue weighted by Gasteiger charge is 2.19. The summed E-state index contributed by atoms with van der Waals surface area (Å²) < 4.78 is 9.68. The molecule has 5 heteroatoms. The molecule has 0 radical (unpaired) electrons. The molecular formula is C10H17NO4. The lowest BCUT2D eigenvalue weighted by Crippen LogP contribution is -2.43. The largest absolute Gasteiger partial charge is 0.467 e. The number of rotatable bonds is 6. The maximum atomic E-state index is 11.2. The molecule has 0 aliphatic rings. The minimum Gasteiger partial charge on any atom is -0.467 e. The van der Waals surface area contributed by atoms with Crippen molar-refractivity contribution >= 4 is 11.9 Å². The number of allylic oxidation sites excluding steroid dienone is 1. The fourth-order valence-corrected chi connectivity index (χ4v) is 0.906. The fourth-order valence-electron chi connectivity index (χ4n) is 0.906. The van der Waals surface area contributed by atoms with Crippen molar-refractivity contribution in [3.63, 3.8) is 0 Å². The molecule has 0 rings (SSSR count). The topological polar surface area (TPSA) is 64.6 Å². The van der Waals surface area contributed by atoms with Crippen LogP contribution >= 0.6 is 0 Å². The van der Waals surface area contributed by atoms with E-state index < -0.39 is 12.0 Å². The molecule has 0 aromatic rings. The van der Waals surface area contributed by atoms with Crippen LogP contribution < -0.4 is 5.32 Å². The van der Waals surface area contributed by atoms with Gasteiger partial charge in [0.05, 0.1) is 20.3 Å². The molecule has 0 aliphatic carbocycles. The van der Waals surface area contributed by atoms with Gasteiger partial charge in [-0.1, -0.05) is 12.2 Å². The van der Waals surface area contributed by atoms with E-state index >= 15 is 0 Å². The van der Waals surface area contributed by atoms with E-state index in [4.69, 9.17) is 4.74 Å². The van der Waals surface area contributed by atoms with Gasteiger partial charge in [-0.3, -0.25) is 4.79 Å². The van der Waals surface area contributed by atoms with E-state index in [0.29, 0.717) is 6.61 Å². The van der Waals surface area contributed by atoms with Crippen LogP contribution in [0.3, 0.4) is 0 Å². The van der Waals surface area contributed by atoms with Crippen molar-refractivity contribution in [3.8, 4) is 0 Å². The van der Waals surface area contributed by atoms with Gasteiger partial charge in [-0.25, -0.2) is 4.79 Å². The Morgan fingerprint density at radius 2 is 2.13 bits per heavy atom. The summed E-state index contributed by atoms with van der Waals surface area (Å²) >= 11 is 0. The molecule has 1 atom stereocenters. The van der Waals surface area contributed by atoms with Crippen molar-refractivity contribution in [3.05, 3.63) is 12.2 Å². The standard InChI is InChI=1S/C10H17NO4/c1-4-5-6-15-7-9(10(13)14-3)11-8(2)12/h4-5,9H,6-7H2,1-3H3,(H,11,12). The quantitative estimate of drug-likeness (QED) is 0.392. The van der Waals surface area contributed by atoms with Crippen molar-refractivity contribution in [2.24, 2.45) is 0 Å². The normalized spacial score (nSPS) is 12.5. The minimum absolute atomic E-state index is 0.108. The molecule has 5 nitrogen and oxygen atoms in total. The molecule has 1 unspecified atom stereocenters. The summed E-state index contributed by atoms with van der Waals surface area (Å²) in [4.78, 5) is 22.0. The Balaban J connectivity index is 4.01. The Morgan fingerprint density at radius 3 is 2.60 bits per heavy atom. The summed E-state index contributed by atoms with van der Waals surface area (Å²) in [5.41, 5.74) is 0. The lowest BCUT2D eigenvalue weighted by Gasteiger charge is -2.14. The minimum atomic E-state index is -0.738. The molecule has 0 fully saturated rings. The summed E-state index contributed by atoms with van der Waals surface area (Å²) in [6.07, 6.45) is 3.65. The van der Waals surface area contributed by atoms with Crippen molar-refractivity contribution in [2.45, 2.75) is 19.9 Å². The van der Waals surface area contributed by atoms with Crippen molar-refractivity contribution in [1.29, 1.82) is 0 Å². The molecule has 0 heterocycles. The first-order valence-electron chi connectivity index (χ1n) is 4.65. The molecule has 1 N–H and O–H groups in total. The van der Waals surface area contributed by atoms with Crippen molar-refractivity contribution < 1.29 is 19.1 Å². The monoisotopic (exact) mass is 215 g/mol. The van der Waals surface area contributed by atoms with E-state index in [0.717, 1.165) is 0 Å². The Labute approximate surface area is 89.4 Å². The van der Waals surface area contributed by atoms with Gasteiger partial charge in [-0.2, -0.15) is 0 Å². The number of methoxy groups -OCH3 is 1. The van der Waals surface area contributed by atoms with Gasteiger partial charge in [0.15, 0.2) is 6.04 Å². The number of nitrogens with one attached hydrogen (secondary N) is 1. The highest BCUT2D eigenvalue weighted by molar-refractivity contribution is 5.83. The third-order valence-corrected chi connectivity index (χ3v) is 1.60. The smallest absolute Gasteiger partial charge is 0.330 e. The second-order valence-corrected chi connectivity index (χ2v) is 2.88. The molecular weight excluding hydrogens is 198 g/mol. The number of ether oxygens (including phenoxy) is 2. The number of carbonyl (C=O) groups is 2. The first-order valence-corrected chi connectivity index (χ1v) is 4.65. The Bertz CT molecular complexity index is 238. The molecule has 86 valence electrons. The summed E-state index contributed by atoms with van der Waals surface area (Å²) in [5, 5.41) is 2.44. The third kappa shape index (κ3) is 6.68. The number of hydrogen-bond donors (Lipinski definition) is 1. The molecule has 0 bridgehead atoms. The maximum absolute atomic E-state index is 11.2. The van der Waals surface area contributed by atoms with Crippen LogP contribution in [-0.4, -0.2) is 38.2 Å². The predicted molar refractivity (Wildman–Crippen MR) is 55.3 cm³/mol. The van der Waals surface area contributed by atoms with Gasteiger partial charge in [0.25, 0.3) is 0 Å². The third-order valence-electron chi connectivity index (χ3n) is 1.60. The van der Waals surface area contributed by atoms with Gasteiger partial charge >= 0.3 is 5.97 Å². The first-order chi connectivity index (χ1) is 7.11. The van der Waals surface area contributed by atoms with E-state index in [1.807, 2.05) is 19.1 Å². The van der Waals surface area contributed by atoms with E-state index in [2.05, 4.69) is 10.1 Å². The van der Waals surface area contributed by atoms with Gasteiger partial charge in [0.1, 0.15) is 0 Å². The SMILES string of the molecule is CC=CCOCC(NC(C)=O)C(=O)OC. The van der Waals surface area contributed by atoms with Crippen LogP contribution in [0.15, 0.2) is 12.2 Å². The van der Waals surface area contributed by atoms with E-state index in [-0.39, 0.29) is 12.5 Å². The zero-order valence-electron chi connectivity index (χ0n) is 9.28. The molecule has 0 saturated carbocycles. The Hall–Kier alpha value is -1.36. The van der Waals surface area contributed by atoms with Crippen LogP contribution in [0.5, 0.6) is 0 Å². The Morgan fingerprint density at radius 1 is 1.47 bits per heavy atom. The molecule has 0 spiro atoms. The Kier molecular flexibility index (Phi) is 7.27. The average molecular weight is 215 g/mol. The number of esters is 1. The summed E-state index contributed by atoms with van der Waals surface area (Å²) in [6, 6.07) is -0.738. The van der Waals surface area contributed by atoms with Gasteiger partial charge in [0.2, 0.25) is 5.91 Å². The van der Waals surface area contributed by atoms with Crippen LogP contribution in [0.1, 0.15) is 13.8 Å². The maximum Gasteiger partial charge on any atom is 0.330 e. The summed E-state index contributed by atoms with van der Waals surface area (Å²) in [7, 11) is 1.27. The highest BCUT2D eigenvalue weighted by atomic mass is 16.5. The van der Waals surface area contributed by atoms with Crippen LogP contribution in [0, 0.1) is 0 Å². The molecule has 15 heavy (non-hydrogen) atoms. The van der Waals surface area contributed by atoms with Crippen LogP contribution in [0.4, 0.5) is 0 Å². The zero-order chi connectivity index (χ0) is 11.7. The van der Waals surface area contributed by atoms with Crippen molar-refractivity contribution in [2.75, 3.05) is 20.3 Å². The average Bonchev–Trinajstić information content (AvgIpc) is 2.21. The predicted octanol–water partition coefficient (Wildman–Crippen LogP) is 0.257. The lowest BCUT2D eigenvalue weighted by atomic mass is 10.3. The first kappa shape index (κ1) is 13.6. The van der Waals surface area contributed by atoms with Crippen LogP contribution in [0.25, 0.3) is 0 Å². The number of hydrogen-bond acceptors (Lipinski definition) is 4. The summed E-state index contributed by atoms with van der Waals surface area (Å²) in [6.45, 7) is 3.72. The van der Waals surface area contributed by atoms with Gasteiger partial charge < -0.3 is 14.8 Å². The number of carbonyl (C=O) groups excluding carboxylic acids is 2. The molecule has 0 aliphatic heterocycles. The second kappa shape index (κ2) is 7.99. The van der Waals surface area contributed by atoms with Crippen molar-refractivity contribution in [1.82, 2.24) is 5.32 Å². The zero-order valence-corrected chi connectivity index (χ0v) is 9.28. The highest BCUT2D eigenvalue weighted by Crippen LogP contribution is 1.91. The summed E-state index contributed by atoms with van der Waals surface area (Å²) in [5.74, 6) is -0.800. The second-order valence-electron chi connectivity index (χ2n) is 2.88. The van der Waals surface area contributed by atoms with Crippen LogP contribution in [0.2, 0.25) is 0 Å². The van der Waals surface area contributed by atoms with Gasteiger partial charge in [-0.15, -0.1) is 0 Å². The molecule has 0 aromatic carbocycles. The molecule has 0 saturated heterocycles. The van der Waals surface area contributed by atoms with E-state index in [1.165, 1.54) is 14.0 Å². The fraction of sp³-hybridized carbons (Fsp3) is 0.600. The molecule has 1 amide bonds. The number of amides is 1. The van der Waals surface area contributed by atoms with E-state index in [9.17, 15) is 9.59 Å².